The Bertz CT molecular complexity index is 803. The van der Waals surface area contributed by atoms with E-state index in [2.05, 4.69) is 5.32 Å². The summed E-state index contributed by atoms with van der Waals surface area (Å²) in [6.07, 6.45) is 0. The van der Waals surface area contributed by atoms with Crippen LogP contribution in [0, 0.1) is 0 Å². The molecule has 0 radical (unpaired) electrons. The molecule has 1 atom stereocenters. The van der Waals surface area contributed by atoms with Gasteiger partial charge < -0.3 is 15.0 Å². The summed E-state index contributed by atoms with van der Waals surface area (Å²) in [4.78, 5) is 13.4. The molecular weight excluding hydrogens is 340 g/mol. The Kier molecular flexibility index (Phi) is 6.03. The number of hydrogen-bond acceptors (Lipinski definition) is 4. The first kappa shape index (κ1) is 18.8. The van der Waals surface area contributed by atoms with Crippen molar-refractivity contribution in [2.75, 3.05) is 27.7 Å². The molecule has 0 saturated heterocycles. The molecule has 1 N–H and O–H groups in total. The van der Waals surface area contributed by atoms with Gasteiger partial charge in [-0.1, -0.05) is 30.3 Å². The van der Waals surface area contributed by atoms with E-state index >= 15 is 0 Å². The van der Waals surface area contributed by atoms with Crippen molar-refractivity contribution in [2.45, 2.75) is 10.1 Å². The normalized spacial score (nSPS) is 12.3. The molecule has 0 heterocycles. The first-order chi connectivity index (χ1) is 11.9. The lowest BCUT2D eigenvalue weighted by Crippen LogP contribution is -2.38. The monoisotopic (exact) mass is 362 g/mol. The number of carbonyl (C=O) groups excluding carboxylic acids is 1. The number of ether oxygens (including phenoxy) is 1. The van der Waals surface area contributed by atoms with E-state index in [0.717, 1.165) is 0 Å². The number of urea groups is 1. The van der Waals surface area contributed by atoms with Gasteiger partial charge in [0.05, 0.1) is 12.0 Å². The number of rotatable bonds is 6. The van der Waals surface area contributed by atoms with Crippen molar-refractivity contribution in [1.82, 2.24) is 10.2 Å². The SMILES string of the molecule is COc1ccc(S(=O)(=O)C(CNC(=O)N(C)C)c2ccccc2)cc1. The van der Waals surface area contributed by atoms with Crippen molar-refractivity contribution < 1.29 is 17.9 Å². The molecule has 134 valence electrons. The van der Waals surface area contributed by atoms with Crippen molar-refractivity contribution in [3.63, 3.8) is 0 Å². The van der Waals surface area contributed by atoms with E-state index in [1.807, 2.05) is 6.07 Å². The number of sulfone groups is 1. The summed E-state index contributed by atoms with van der Waals surface area (Å²) in [7, 11) is 1.04. The van der Waals surface area contributed by atoms with E-state index in [9.17, 15) is 13.2 Å². The minimum absolute atomic E-state index is 0.0185. The molecule has 0 spiro atoms. The van der Waals surface area contributed by atoms with Gasteiger partial charge in [0.25, 0.3) is 0 Å². The van der Waals surface area contributed by atoms with Crippen molar-refractivity contribution in [1.29, 1.82) is 0 Å². The fourth-order valence-electron chi connectivity index (χ4n) is 2.34. The molecule has 0 bridgehead atoms. The maximum Gasteiger partial charge on any atom is 0.316 e. The highest BCUT2D eigenvalue weighted by molar-refractivity contribution is 7.91. The van der Waals surface area contributed by atoms with Gasteiger partial charge in [-0.25, -0.2) is 13.2 Å². The minimum atomic E-state index is -3.69. The van der Waals surface area contributed by atoms with Gasteiger partial charge in [-0.3, -0.25) is 0 Å². The van der Waals surface area contributed by atoms with Crippen LogP contribution in [0.25, 0.3) is 0 Å². The molecule has 0 aliphatic carbocycles. The van der Waals surface area contributed by atoms with Crippen LogP contribution in [0.5, 0.6) is 5.75 Å². The van der Waals surface area contributed by atoms with E-state index in [1.54, 1.807) is 50.5 Å². The Morgan fingerprint density at radius 1 is 1.08 bits per heavy atom. The third kappa shape index (κ3) is 4.51. The molecular formula is C18H22N2O4S. The van der Waals surface area contributed by atoms with Crippen LogP contribution in [-0.2, 0) is 9.84 Å². The van der Waals surface area contributed by atoms with Crippen molar-refractivity contribution >= 4 is 15.9 Å². The van der Waals surface area contributed by atoms with Gasteiger partial charge in [0.2, 0.25) is 0 Å². The molecule has 0 aliphatic heterocycles. The third-order valence-electron chi connectivity index (χ3n) is 3.78. The first-order valence-electron chi connectivity index (χ1n) is 7.74. The van der Waals surface area contributed by atoms with Crippen LogP contribution in [0.2, 0.25) is 0 Å². The summed E-state index contributed by atoms with van der Waals surface area (Å²) in [5.41, 5.74) is 0.623. The van der Waals surface area contributed by atoms with Gasteiger partial charge in [0, 0.05) is 20.6 Å². The maximum atomic E-state index is 13.1. The van der Waals surface area contributed by atoms with Crippen LogP contribution in [0.15, 0.2) is 59.5 Å². The number of benzene rings is 2. The number of nitrogens with zero attached hydrogens (tertiary/aromatic N) is 1. The molecule has 1 unspecified atom stereocenters. The topological polar surface area (TPSA) is 75.7 Å². The zero-order valence-corrected chi connectivity index (χ0v) is 15.3. The summed E-state index contributed by atoms with van der Waals surface area (Å²) in [6.45, 7) is -0.0185. The molecule has 0 saturated carbocycles. The minimum Gasteiger partial charge on any atom is -0.497 e. The number of carbonyl (C=O) groups is 1. The van der Waals surface area contributed by atoms with Gasteiger partial charge in [0.15, 0.2) is 9.84 Å². The summed E-state index contributed by atoms with van der Waals surface area (Å²) >= 11 is 0. The van der Waals surface area contributed by atoms with E-state index in [0.29, 0.717) is 11.3 Å². The molecule has 7 heteroatoms. The molecule has 0 aromatic heterocycles. The van der Waals surface area contributed by atoms with E-state index in [-0.39, 0.29) is 17.5 Å². The number of hydrogen-bond donors (Lipinski definition) is 1. The molecule has 2 amide bonds. The van der Waals surface area contributed by atoms with Crippen LogP contribution in [-0.4, -0.2) is 47.1 Å². The Morgan fingerprint density at radius 2 is 1.68 bits per heavy atom. The zero-order chi connectivity index (χ0) is 18.4. The highest BCUT2D eigenvalue weighted by atomic mass is 32.2. The third-order valence-corrected chi connectivity index (χ3v) is 5.90. The Morgan fingerprint density at radius 3 is 2.20 bits per heavy atom. The average molecular weight is 362 g/mol. The van der Waals surface area contributed by atoms with E-state index in [4.69, 9.17) is 4.74 Å². The highest BCUT2D eigenvalue weighted by Crippen LogP contribution is 2.29. The second kappa shape index (κ2) is 8.02. The number of nitrogens with one attached hydrogen (secondary N) is 1. The molecule has 0 aliphatic rings. The fourth-order valence-corrected chi connectivity index (χ4v) is 4.00. The predicted octanol–water partition coefficient (Wildman–Crippen LogP) is 2.48. The van der Waals surface area contributed by atoms with Crippen molar-refractivity contribution in [3.05, 3.63) is 60.2 Å². The largest absolute Gasteiger partial charge is 0.497 e. The van der Waals surface area contributed by atoms with Gasteiger partial charge in [0.1, 0.15) is 11.0 Å². The smallest absolute Gasteiger partial charge is 0.316 e. The lowest BCUT2D eigenvalue weighted by atomic mass is 10.1. The quantitative estimate of drug-likeness (QED) is 0.857. The van der Waals surface area contributed by atoms with Gasteiger partial charge in [-0.15, -0.1) is 0 Å². The van der Waals surface area contributed by atoms with Crippen molar-refractivity contribution in [2.24, 2.45) is 0 Å². The molecule has 2 aromatic carbocycles. The summed E-state index contributed by atoms with van der Waals surface area (Å²) < 4.78 is 31.3. The fraction of sp³-hybridized carbons (Fsp3) is 0.278. The van der Waals surface area contributed by atoms with Crippen LogP contribution >= 0.6 is 0 Å². The lowest BCUT2D eigenvalue weighted by molar-refractivity contribution is 0.217. The number of amides is 2. The lowest BCUT2D eigenvalue weighted by Gasteiger charge is -2.20. The van der Waals surface area contributed by atoms with Gasteiger partial charge >= 0.3 is 6.03 Å². The molecule has 0 fully saturated rings. The highest BCUT2D eigenvalue weighted by Gasteiger charge is 2.29. The molecule has 25 heavy (non-hydrogen) atoms. The zero-order valence-electron chi connectivity index (χ0n) is 14.5. The Labute approximate surface area is 148 Å². The summed E-state index contributed by atoms with van der Waals surface area (Å²) in [5, 5.41) is 1.78. The summed E-state index contributed by atoms with van der Waals surface area (Å²) in [5.74, 6) is 0.580. The van der Waals surface area contributed by atoms with E-state index < -0.39 is 15.1 Å². The molecule has 2 aromatic rings. The van der Waals surface area contributed by atoms with Crippen LogP contribution < -0.4 is 10.1 Å². The first-order valence-corrected chi connectivity index (χ1v) is 9.29. The second-order valence-electron chi connectivity index (χ2n) is 5.70. The van der Waals surface area contributed by atoms with Crippen molar-refractivity contribution in [3.8, 4) is 5.75 Å². The van der Waals surface area contributed by atoms with Crippen LogP contribution in [0.3, 0.4) is 0 Å². The predicted molar refractivity (Wildman–Crippen MR) is 96.4 cm³/mol. The van der Waals surface area contributed by atoms with E-state index in [1.165, 1.54) is 24.1 Å². The Hall–Kier alpha value is -2.54. The van der Waals surface area contributed by atoms with Gasteiger partial charge in [-0.05, 0) is 29.8 Å². The standard InChI is InChI=1S/C18H22N2O4S/c1-20(2)18(21)19-13-17(14-7-5-4-6-8-14)25(22,23)16-11-9-15(24-3)10-12-16/h4-12,17H,13H2,1-3H3,(H,19,21). The molecule has 6 nitrogen and oxygen atoms in total. The maximum absolute atomic E-state index is 13.1. The van der Waals surface area contributed by atoms with Crippen LogP contribution in [0.1, 0.15) is 10.8 Å². The number of methoxy groups -OCH3 is 1. The Balaban J connectivity index is 2.37. The second-order valence-corrected chi connectivity index (χ2v) is 7.83. The van der Waals surface area contributed by atoms with Gasteiger partial charge in [-0.2, -0.15) is 0 Å². The van der Waals surface area contributed by atoms with Crippen LogP contribution in [0.4, 0.5) is 4.79 Å². The summed E-state index contributed by atoms with van der Waals surface area (Å²) in [6, 6.07) is 14.8. The molecule has 2 rings (SSSR count). The average Bonchev–Trinajstić information content (AvgIpc) is 2.62.